The van der Waals surface area contributed by atoms with E-state index in [4.69, 9.17) is 0 Å². The second-order valence-electron chi connectivity index (χ2n) is 4.66. The van der Waals surface area contributed by atoms with Crippen molar-refractivity contribution in [2.45, 2.75) is 19.8 Å². The predicted molar refractivity (Wildman–Crippen MR) is 75.3 cm³/mol. The van der Waals surface area contributed by atoms with E-state index < -0.39 is 0 Å². The first-order valence-electron chi connectivity index (χ1n) is 6.30. The van der Waals surface area contributed by atoms with Gasteiger partial charge in [0, 0.05) is 5.56 Å². The molecular formula is C17H16O2. The van der Waals surface area contributed by atoms with Gasteiger partial charge in [0.2, 0.25) is 0 Å². The molecule has 0 N–H and O–H groups in total. The fourth-order valence-electron chi connectivity index (χ4n) is 1.97. The quantitative estimate of drug-likeness (QED) is 0.603. The van der Waals surface area contributed by atoms with Crippen LogP contribution < -0.4 is 0 Å². The standard InChI is InChI=1S/C17H16O2/c1-13(18)11-17(19)16-9-7-15(8-10-16)12-14-5-3-2-4-6-14/h2-10H,11-12H2,1H3. The van der Waals surface area contributed by atoms with Crippen LogP contribution in [0.25, 0.3) is 0 Å². The maximum Gasteiger partial charge on any atom is 0.170 e. The summed E-state index contributed by atoms with van der Waals surface area (Å²) in [5, 5.41) is 0. The van der Waals surface area contributed by atoms with E-state index in [0.29, 0.717) is 5.56 Å². The first kappa shape index (κ1) is 13.2. The van der Waals surface area contributed by atoms with Crippen molar-refractivity contribution >= 4 is 11.6 Å². The monoisotopic (exact) mass is 252 g/mol. The van der Waals surface area contributed by atoms with Crippen molar-refractivity contribution in [2.75, 3.05) is 0 Å². The number of carbonyl (C=O) groups excluding carboxylic acids is 2. The molecule has 0 aliphatic rings. The maximum atomic E-state index is 11.7. The van der Waals surface area contributed by atoms with Crippen molar-refractivity contribution in [3.63, 3.8) is 0 Å². The molecule has 96 valence electrons. The Balaban J connectivity index is 2.06. The molecule has 2 rings (SSSR count). The third kappa shape index (κ3) is 3.88. The molecule has 2 nitrogen and oxygen atoms in total. The SMILES string of the molecule is CC(=O)CC(=O)c1ccc(Cc2ccccc2)cc1. The Labute approximate surface area is 113 Å². The molecule has 0 atom stereocenters. The lowest BCUT2D eigenvalue weighted by atomic mass is 10.0. The van der Waals surface area contributed by atoms with Crippen LogP contribution in [-0.2, 0) is 11.2 Å². The van der Waals surface area contributed by atoms with Crippen molar-refractivity contribution in [2.24, 2.45) is 0 Å². The van der Waals surface area contributed by atoms with Gasteiger partial charge in [0.15, 0.2) is 5.78 Å². The van der Waals surface area contributed by atoms with Gasteiger partial charge in [-0.15, -0.1) is 0 Å². The van der Waals surface area contributed by atoms with Gasteiger partial charge in [-0.1, -0.05) is 54.6 Å². The highest BCUT2D eigenvalue weighted by atomic mass is 16.1. The molecule has 0 unspecified atom stereocenters. The molecule has 0 fully saturated rings. The van der Waals surface area contributed by atoms with Crippen LogP contribution in [0.5, 0.6) is 0 Å². The van der Waals surface area contributed by atoms with Crippen molar-refractivity contribution in [1.82, 2.24) is 0 Å². The van der Waals surface area contributed by atoms with E-state index in [9.17, 15) is 9.59 Å². The van der Waals surface area contributed by atoms with E-state index in [-0.39, 0.29) is 18.0 Å². The van der Waals surface area contributed by atoms with E-state index in [2.05, 4.69) is 12.1 Å². The van der Waals surface area contributed by atoms with Crippen molar-refractivity contribution in [1.29, 1.82) is 0 Å². The molecule has 0 radical (unpaired) electrons. The second kappa shape index (κ2) is 6.10. The third-order valence-corrected chi connectivity index (χ3v) is 2.94. The largest absolute Gasteiger partial charge is 0.300 e. The van der Waals surface area contributed by atoms with Gasteiger partial charge in [0.05, 0.1) is 6.42 Å². The van der Waals surface area contributed by atoms with E-state index >= 15 is 0 Å². The Morgan fingerprint density at radius 2 is 1.42 bits per heavy atom. The van der Waals surface area contributed by atoms with Crippen molar-refractivity contribution < 1.29 is 9.59 Å². The van der Waals surface area contributed by atoms with Crippen LogP contribution in [0.4, 0.5) is 0 Å². The molecule has 0 heterocycles. The fourth-order valence-corrected chi connectivity index (χ4v) is 1.97. The zero-order chi connectivity index (χ0) is 13.7. The number of rotatable bonds is 5. The average Bonchev–Trinajstić information content (AvgIpc) is 2.40. The lowest BCUT2D eigenvalue weighted by molar-refractivity contribution is -0.116. The van der Waals surface area contributed by atoms with Crippen LogP contribution in [0, 0.1) is 0 Å². The van der Waals surface area contributed by atoms with Gasteiger partial charge in [0.1, 0.15) is 5.78 Å². The smallest absolute Gasteiger partial charge is 0.170 e. The minimum Gasteiger partial charge on any atom is -0.300 e. The number of ketones is 2. The summed E-state index contributed by atoms with van der Waals surface area (Å²) in [4.78, 5) is 22.6. The van der Waals surface area contributed by atoms with Gasteiger partial charge in [-0.3, -0.25) is 9.59 Å². The summed E-state index contributed by atoms with van der Waals surface area (Å²) in [6.45, 7) is 1.43. The lowest BCUT2D eigenvalue weighted by Gasteiger charge is -2.03. The Bertz CT molecular complexity index is 568. The van der Waals surface area contributed by atoms with E-state index in [0.717, 1.165) is 12.0 Å². The highest BCUT2D eigenvalue weighted by Gasteiger charge is 2.08. The molecule has 0 aliphatic heterocycles. The molecular weight excluding hydrogens is 236 g/mol. The molecule has 2 heteroatoms. The summed E-state index contributed by atoms with van der Waals surface area (Å²) < 4.78 is 0. The van der Waals surface area contributed by atoms with Crippen molar-refractivity contribution in [3.8, 4) is 0 Å². The van der Waals surface area contributed by atoms with Crippen LogP contribution >= 0.6 is 0 Å². The molecule has 0 amide bonds. The summed E-state index contributed by atoms with van der Waals surface area (Å²) in [7, 11) is 0. The zero-order valence-electron chi connectivity index (χ0n) is 10.9. The van der Waals surface area contributed by atoms with Gasteiger partial charge in [-0.05, 0) is 24.5 Å². The van der Waals surface area contributed by atoms with Crippen LogP contribution in [0.1, 0.15) is 34.8 Å². The molecule has 0 aliphatic carbocycles. The Morgan fingerprint density at radius 1 is 0.842 bits per heavy atom. The normalized spacial score (nSPS) is 10.2. The summed E-state index contributed by atoms with van der Waals surface area (Å²) in [6.07, 6.45) is 0.833. The highest BCUT2D eigenvalue weighted by molar-refractivity contribution is 6.07. The molecule has 0 aromatic heterocycles. The van der Waals surface area contributed by atoms with Crippen LogP contribution in [-0.4, -0.2) is 11.6 Å². The van der Waals surface area contributed by atoms with E-state index in [1.165, 1.54) is 12.5 Å². The Kier molecular flexibility index (Phi) is 4.24. The summed E-state index contributed by atoms with van der Waals surface area (Å²) in [5.41, 5.74) is 3.00. The predicted octanol–water partition coefficient (Wildman–Crippen LogP) is 3.44. The number of hydrogen-bond acceptors (Lipinski definition) is 2. The number of hydrogen-bond donors (Lipinski definition) is 0. The molecule has 0 saturated heterocycles. The molecule has 0 saturated carbocycles. The van der Waals surface area contributed by atoms with E-state index in [1.807, 2.05) is 30.3 Å². The van der Waals surface area contributed by atoms with Crippen LogP contribution in [0.15, 0.2) is 54.6 Å². The highest BCUT2D eigenvalue weighted by Crippen LogP contribution is 2.12. The Hall–Kier alpha value is -2.22. The van der Waals surface area contributed by atoms with E-state index in [1.54, 1.807) is 12.1 Å². The van der Waals surface area contributed by atoms with Crippen LogP contribution in [0.2, 0.25) is 0 Å². The fraction of sp³-hybridized carbons (Fsp3) is 0.176. The zero-order valence-corrected chi connectivity index (χ0v) is 10.9. The van der Waals surface area contributed by atoms with Crippen LogP contribution in [0.3, 0.4) is 0 Å². The lowest BCUT2D eigenvalue weighted by Crippen LogP contribution is -2.04. The average molecular weight is 252 g/mol. The maximum absolute atomic E-state index is 11.7. The molecule has 2 aromatic rings. The number of Topliss-reactive ketones (excluding diaryl/α,β-unsaturated/α-hetero) is 2. The summed E-state index contributed by atoms with van der Waals surface area (Å²) in [6, 6.07) is 17.7. The van der Waals surface area contributed by atoms with Gasteiger partial charge < -0.3 is 0 Å². The topological polar surface area (TPSA) is 34.1 Å². The number of benzene rings is 2. The third-order valence-electron chi connectivity index (χ3n) is 2.94. The summed E-state index contributed by atoms with van der Waals surface area (Å²) >= 11 is 0. The van der Waals surface area contributed by atoms with Gasteiger partial charge in [-0.2, -0.15) is 0 Å². The molecule has 19 heavy (non-hydrogen) atoms. The minimum absolute atomic E-state index is 0.0158. The minimum atomic E-state index is -0.112. The van der Waals surface area contributed by atoms with Gasteiger partial charge in [-0.25, -0.2) is 0 Å². The van der Waals surface area contributed by atoms with Gasteiger partial charge in [0.25, 0.3) is 0 Å². The molecule has 0 spiro atoms. The van der Waals surface area contributed by atoms with Gasteiger partial charge >= 0.3 is 0 Å². The Morgan fingerprint density at radius 3 is 2.00 bits per heavy atom. The number of carbonyl (C=O) groups is 2. The first-order valence-corrected chi connectivity index (χ1v) is 6.30. The molecule has 2 aromatic carbocycles. The second-order valence-corrected chi connectivity index (χ2v) is 4.66. The van der Waals surface area contributed by atoms with Crippen molar-refractivity contribution in [3.05, 3.63) is 71.3 Å². The molecule has 0 bridgehead atoms. The first-order chi connectivity index (χ1) is 9.15. The summed E-state index contributed by atoms with van der Waals surface area (Å²) in [5.74, 6) is -0.211.